The molecule has 3 atom stereocenters. The number of carbonyl (C=O) groups is 1. The second kappa shape index (κ2) is 7.22. The van der Waals surface area contributed by atoms with Crippen molar-refractivity contribution in [3.05, 3.63) is 0 Å². The van der Waals surface area contributed by atoms with Crippen LogP contribution in [0.3, 0.4) is 0 Å². The molecule has 1 amide bonds. The minimum absolute atomic E-state index is 0.00777. The maximum atomic E-state index is 11.9. The van der Waals surface area contributed by atoms with Gasteiger partial charge in [-0.25, -0.2) is 0 Å². The third-order valence-corrected chi connectivity index (χ3v) is 4.19. The van der Waals surface area contributed by atoms with Crippen molar-refractivity contribution in [2.75, 3.05) is 13.2 Å². The van der Waals surface area contributed by atoms with Crippen molar-refractivity contribution in [1.82, 2.24) is 5.32 Å². The highest BCUT2D eigenvalue weighted by atomic mass is 35.5. The van der Waals surface area contributed by atoms with Crippen molar-refractivity contribution in [2.24, 2.45) is 11.8 Å². The molecule has 1 fully saturated rings. The maximum absolute atomic E-state index is 11.9. The molecule has 1 rings (SSSR count). The van der Waals surface area contributed by atoms with Crippen molar-refractivity contribution in [3.63, 3.8) is 0 Å². The predicted molar refractivity (Wildman–Crippen MR) is 70.2 cm³/mol. The Hall–Kier alpha value is -0.280. The van der Waals surface area contributed by atoms with E-state index in [9.17, 15) is 4.79 Å². The number of carbonyl (C=O) groups excluding carboxylic acids is 1. The SMILES string of the molecule is CCC(CC)C(Cl)CNC(=O)C1OCCC1C. The second-order valence-corrected chi connectivity index (χ2v) is 5.46. The van der Waals surface area contributed by atoms with Crippen LogP contribution in [-0.4, -0.2) is 30.5 Å². The summed E-state index contributed by atoms with van der Waals surface area (Å²) in [7, 11) is 0. The summed E-state index contributed by atoms with van der Waals surface area (Å²) in [5, 5.41) is 2.93. The first-order valence-electron chi connectivity index (χ1n) is 6.63. The third-order valence-electron chi connectivity index (χ3n) is 3.68. The largest absolute Gasteiger partial charge is 0.368 e. The highest BCUT2D eigenvalue weighted by Gasteiger charge is 2.31. The van der Waals surface area contributed by atoms with Crippen LogP contribution in [0.2, 0.25) is 0 Å². The quantitative estimate of drug-likeness (QED) is 0.747. The molecule has 1 aliphatic heterocycles. The number of hydrogen-bond donors (Lipinski definition) is 1. The van der Waals surface area contributed by atoms with Gasteiger partial charge in [0.15, 0.2) is 0 Å². The van der Waals surface area contributed by atoms with Gasteiger partial charge in [0.25, 0.3) is 0 Å². The zero-order valence-corrected chi connectivity index (χ0v) is 11.8. The Balaban J connectivity index is 2.32. The fourth-order valence-electron chi connectivity index (χ4n) is 2.30. The van der Waals surface area contributed by atoms with E-state index in [0.717, 1.165) is 19.3 Å². The van der Waals surface area contributed by atoms with Gasteiger partial charge in [0.2, 0.25) is 5.91 Å². The van der Waals surface area contributed by atoms with Crippen molar-refractivity contribution >= 4 is 17.5 Å². The Bertz CT molecular complexity index is 244. The van der Waals surface area contributed by atoms with Gasteiger partial charge in [0, 0.05) is 13.2 Å². The summed E-state index contributed by atoms with van der Waals surface area (Å²) in [4.78, 5) is 11.9. The van der Waals surface area contributed by atoms with Crippen LogP contribution >= 0.6 is 11.6 Å². The van der Waals surface area contributed by atoms with Crippen LogP contribution in [0.4, 0.5) is 0 Å². The summed E-state index contributed by atoms with van der Waals surface area (Å²) < 4.78 is 5.42. The lowest BCUT2D eigenvalue weighted by Crippen LogP contribution is -2.41. The third kappa shape index (κ3) is 4.14. The highest BCUT2D eigenvalue weighted by molar-refractivity contribution is 6.21. The van der Waals surface area contributed by atoms with Crippen molar-refractivity contribution in [1.29, 1.82) is 0 Å². The second-order valence-electron chi connectivity index (χ2n) is 4.90. The Kier molecular flexibility index (Phi) is 6.28. The predicted octanol–water partition coefficient (Wildman–Crippen LogP) is 2.57. The number of amides is 1. The van der Waals surface area contributed by atoms with Gasteiger partial charge < -0.3 is 10.1 Å². The molecule has 4 heteroatoms. The lowest BCUT2D eigenvalue weighted by Gasteiger charge is -2.21. The molecule has 0 saturated carbocycles. The molecule has 1 saturated heterocycles. The van der Waals surface area contributed by atoms with Crippen molar-refractivity contribution in [3.8, 4) is 0 Å². The van der Waals surface area contributed by atoms with Gasteiger partial charge in [0.05, 0.1) is 5.38 Å². The van der Waals surface area contributed by atoms with E-state index in [2.05, 4.69) is 26.1 Å². The molecule has 0 aliphatic carbocycles. The Morgan fingerprint density at radius 3 is 2.59 bits per heavy atom. The minimum Gasteiger partial charge on any atom is -0.368 e. The van der Waals surface area contributed by atoms with Gasteiger partial charge in [-0.1, -0.05) is 33.6 Å². The summed E-state index contributed by atoms with van der Waals surface area (Å²) >= 11 is 6.28. The monoisotopic (exact) mass is 261 g/mol. The molecular formula is C13H24ClNO2. The van der Waals surface area contributed by atoms with Crippen molar-refractivity contribution in [2.45, 2.75) is 51.5 Å². The summed E-state index contributed by atoms with van der Waals surface area (Å²) in [6.07, 6.45) is 2.79. The van der Waals surface area contributed by atoms with Crippen LogP contribution < -0.4 is 5.32 Å². The standard InChI is InChI=1S/C13H24ClNO2/c1-4-10(5-2)11(14)8-15-13(16)12-9(3)6-7-17-12/h9-12H,4-8H2,1-3H3,(H,15,16). The number of halogens is 1. The highest BCUT2D eigenvalue weighted by Crippen LogP contribution is 2.21. The minimum atomic E-state index is -0.277. The van der Waals surface area contributed by atoms with E-state index in [4.69, 9.17) is 16.3 Å². The van der Waals surface area contributed by atoms with E-state index in [-0.39, 0.29) is 17.4 Å². The molecule has 0 spiro atoms. The normalized spacial score (nSPS) is 26.2. The summed E-state index contributed by atoms with van der Waals surface area (Å²) in [5.74, 6) is 0.780. The molecule has 100 valence electrons. The molecule has 3 nitrogen and oxygen atoms in total. The summed E-state index contributed by atoms with van der Waals surface area (Å²) in [6, 6.07) is 0. The number of nitrogens with one attached hydrogen (secondary N) is 1. The molecule has 0 aromatic heterocycles. The van der Waals surface area contributed by atoms with Gasteiger partial charge >= 0.3 is 0 Å². The molecule has 0 aromatic carbocycles. The molecule has 1 heterocycles. The van der Waals surface area contributed by atoms with Gasteiger partial charge in [-0.15, -0.1) is 11.6 Å². The lowest BCUT2D eigenvalue weighted by molar-refractivity contribution is -0.131. The molecule has 1 N–H and O–H groups in total. The first kappa shape index (κ1) is 14.8. The average molecular weight is 262 g/mol. The number of ether oxygens (including phenoxy) is 1. The average Bonchev–Trinajstić information content (AvgIpc) is 2.74. The zero-order chi connectivity index (χ0) is 12.8. The summed E-state index contributed by atoms with van der Waals surface area (Å²) in [5.41, 5.74) is 0. The molecule has 3 unspecified atom stereocenters. The summed E-state index contributed by atoms with van der Waals surface area (Å²) in [6.45, 7) is 7.55. The van der Waals surface area contributed by atoms with E-state index in [1.807, 2.05) is 0 Å². The first-order chi connectivity index (χ1) is 8.10. The van der Waals surface area contributed by atoms with Gasteiger partial charge in [-0.05, 0) is 18.3 Å². The van der Waals surface area contributed by atoms with Crippen LogP contribution in [0.1, 0.15) is 40.0 Å². The van der Waals surface area contributed by atoms with Gasteiger partial charge in [0.1, 0.15) is 6.10 Å². The molecule has 0 bridgehead atoms. The maximum Gasteiger partial charge on any atom is 0.249 e. The fraction of sp³-hybridized carbons (Fsp3) is 0.923. The topological polar surface area (TPSA) is 38.3 Å². The number of alkyl halides is 1. The van der Waals surface area contributed by atoms with Crippen molar-refractivity contribution < 1.29 is 9.53 Å². The zero-order valence-electron chi connectivity index (χ0n) is 11.0. The van der Waals surface area contributed by atoms with Crippen LogP contribution in [0.5, 0.6) is 0 Å². The van der Waals surface area contributed by atoms with E-state index in [0.29, 0.717) is 25.0 Å². The van der Waals surface area contributed by atoms with E-state index < -0.39 is 0 Å². The van der Waals surface area contributed by atoms with Crippen LogP contribution in [-0.2, 0) is 9.53 Å². The Morgan fingerprint density at radius 1 is 1.47 bits per heavy atom. The number of rotatable bonds is 6. The number of hydrogen-bond acceptors (Lipinski definition) is 2. The lowest BCUT2D eigenvalue weighted by atomic mass is 9.98. The molecule has 1 aliphatic rings. The van der Waals surface area contributed by atoms with Crippen LogP contribution in [0, 0.1) is 11.8 Å². The molecule has 17 heavy (non-hydrogen) atoms. The first-order valence-corrected chi connectivity index (χ1v) is 7.07. The molecular weight excluding hydrogens is 238 g/mol. The Morgan fingerprint density at radius 2 is 2.12 bits per heavy atom. The Labute approximate surface area is 109 Å². The smallest absolute Gasteiger partial charge is 0.249 e. The fourth-order valence-corrected chi connectivity index (χ4v) is 2.73. The molecule has 0 radical (unpaired) electrons. The van der Waals surface area contributed by atoms with Crippen LogP contribution in [0.15, 0.2) is 0 Å². The van der Waals surface area contributed by atoms with E-state index in [1.54, 1.807) is 0 Å². The van der Waals surface area contributed by atoms with Gasteiger partial charge in [-0.2, -0.15) is 0 Å². The van der Waals surface area contributed by atoms with E-state index in [1.165, 1.54) is 0 Å². The van der Waals surface area contributed by atoms with Gasteiger partial charge in [-0.3, -0.25) is 4.79 Å². The van der Waals surface area contributed by atoms with E-state index >= 15 is 0 Å². The molecule has 0 aromatic rings. The van der Waals surface area contributed by atoms with Crippen LogP contribution in [0.25, 0.3) is 0 Å².